The molecule has 0 amide bonds. The van der Waals surface area contributed by atoms with Gasteiger partial charge >= 0.3 is 0 Å². The molecule has 1 aliphatic rings. The molecule has 10 heavy (non-hydrogen) atoms. The standard InChI is InChI=1S/C5H6N4.ClH/c1(5-8-9-5)4-2-6-3-7-4;/h2-3,5H,1H2,(H,6,7);1H. The molecule has 1 N–H and O–H groups in total. The van der Waals surface area contributed by atoms with E-state index in [0.717, 1.165) is 12.1 Å². The van der Waals surface area contributed by atoms with Crippen LogP contribution in [0.25, 0.3) is 0 Å². The summed E-state index contributed by atoms with van der Waals surface area (Å²) in [5.41, 5.74) is 1.10. The number of nitrogens with one attached hydrogen (secondary N) is 1. The summed E-state index contributed by atoms with van der Waals surface area (Å²) < 4.78 is 0. The predicted octanol–water partition coefficient (Wildman–Crippen LogP) is 1.17. The van der Waals surface area contributed by atoms with E-state index in [0.29, 0.717) is 0 Å². The topological polar surface area (TPSA) is 53.4 Å². The average Bonchev–Trinajstić information content (AvgIpc) is 2.46. The molecule has 0 unspecified atom stereocenters. The van der Waals surface area contributed by atoms with Crippen LogP contribution < -0.4 is 0 Å². The maximum absolute atomic E-state index is 3.86. The second-order valence-corrected chi connectivity index (χ2v) is 1.99. The van der Waals surface area contributed by atoms with Crippen LogP contribution >= 0.6 is 12.4 Å². The SMILES string of the molecule is Cl.c1ncc(CC2N=N2)[nH]1. The Labute approximate surface area is 64.2 Å². The molecule has 0 aliphatic carbocycles. The molecule has 0 bridgehead atoms. The number of aromatic nitrogens is 2. The normalized spacial score (nSPS) is 14.8. The number of aromatic amines is 1. The van der Waals surface area contributed by atoms with Gasteiger partial charge in [0, 0.05) is 18.3 Å². The minimum absolute atomic E-state index is 0. The molecule has 0 fully saturated rings. The van der Waals surface area contributed by atoms with Gasteiger partial charge in [-0.15, -0.1) is 12.4 Å². The van der Waals surface area contributed by atoms with Gasteiger partial charge in [-0.05, 0) is 0 Å². The zero-order valence-corrected chi connectivity index (χ0v) is 6.01. The van der Waals surface area contributed by atoms with Crippen molar-refractivity contribution in [1.29, 1.82) is 0 Å². The smallest absolute Gasteiger partial charge is 0.186 e. The molecule has 4 nitrogen and oxygen atoms in total. The van der Waals surface area contributed by atoms with E-state index in [1.165, 1.54) is 0 Å². The number of rotatable bonds is 2. The minimum Gasteiger partial charge on any atom is -0.348 e. The predicted molar refractivity (Wildman–Crippen MR) is 38.2 cm³/mol. The van der Waals surface area contributed by atoms with Crippen LogP contribution in [0.15, 0.2) is 22.8 Å². The Hall–Kier alpha value is -0.900. The van der Waals surface area contributed by atoms with Crippen molar-refractivity contribution >= 4 is 12.4 Å². The summed E-state index contributed by atoms with van der Waals surface area (Å²) in [5, 5.41) is 7.51. The minimum atomic E-state index is 0. The lowest BCUT2D eigenvalue weighted by atomic mass is 10.3. The van der Waals surface area contributed by atoms with Crippen LogP contribution in [0.3, 0.4) is 0 Å². The monoisotopic (exact) mass is 158 g/mol. The molecule has 54 valence electrons. The Morgan fingerprint density at radius 3 is 2.80 bits per heavy atom. The first kappa shape index (κ1) is 7.21. The van der Waals surface area contributed by atoms with Gasteiger partial charge in [0.2, 0.25) is 0 Å². The van der Waals surface area contributed by atoms with E-state index in [-0.39, 0.29) is 18.6 Å². The van der Waals surface area contributed by atoms with Gasteiger partial charge in [0.1, 0.15) is 0 Å². The van der Waals surface area contributed by atoms with Gasteiger partial charge in [0.15, 0.2) is 6.17 Å². The Morgan fingerprint density at radius 2 is 2.30 bits per heavy atom. The van der Waals surface area contributed by atoms with E-state index in [1.54, 1.807) is 12.5 Å². The van der Waals surface area contributed by atoms with Crippen molar-refractivity contribution in [3.05, 3.63) is 18.2 Å². The zero-order chi connectivity index (χ0) is 6.10. The van der Waals surface area contributed by atoms with E-state index in [1.807, 2.05) is 0 Å². The molecule has 1 aliphatic heterocycles. The highest BCUT2D eigenvalue weighted by Crippen LogP contribution is 2.14. The fourth-order valence-electron chi connectivity index (χ4n) is 0.722. The highest BCUT2D eigenvalue weighted by Gasteiger charge is 2.15. The van der Waals surface area contributed by atoms with Crippen LogP contribution in [-0.4, -0.2) is 16.1 Å². The van der Waals surface area contributed by atoms with Crippen LogP contribution in [0, 0.1) is 0 Å². The summed E-state index contributed by atoms with van der Waals surface area (Å²) in [6, 6.07) is 0. The highest BCUT2D eigenvalue weighted by molar-refractivity contribution is 5.85. The highest BCUT2D eigenvalue weighted by atomic mass is 35.5. The van der Waals surface area contributed by atoms with Crippen molar-refractivity contribution in [1.82, 2.24) is 9.97 Å². The first-order chi connectivity index (χ1) is 4.45. The molecule has 0 radical (unpaired) electrons. The fraction of sp³-hybridized carbons (Fsp3) is 0.400. The second-order valence-electron chi connectivity index (χ2n) is 1.99. The number of hydrogen-bond acceptors (Lipinski definition) is 3. The quantitative estimate of drug-likeness (QED) is 0.690. The number of H-pyrrole nitrogens is 1. The summed E-state index contributed by atoms with van der Waals surface area (Å²) >= 11 is 0. The van der Waals surface area contributed by atoms with Crippen molar-refractivity contribution in [3.8, 4) is 0 Å². The van der Waals surface area contributed by atoms with Crippen LogP contribution in [0.5, 0.6) is 0 Å². The summed E-state index contributed by atoms with van der Waals surface area (Å²) in [5.74, 6) is 0. The summed E-state index contributed by atoms with van der Waals surface area (Å²) in [4.78, 5) is 6.84. The van der Waals surface area contributed by atoms with Gasteiger partial charge in [-0.1, -0.05) is 0 Å². The number of imidazole rings is 1. The average molecular weight is 159 g/mol. The van der Waals surface area contributed by atoms with Crippen molar-refractivity contribution in [2.24, 2.45) is 10.2 Å². The largest absolute Gasteiger partial charge is 0.348 e. The molecule has 5 heteroatoms. The maximum Gasteiger partial charge on any atom is 0.186 e. The number of halogens is 1. The third kappa shape index (κ3) is 1.54. The molecule has 0 atom stereocenters. The molecule has 0 aromatic carbocycles. The van der Waals surface area contributed by atoms with Crippen molar-refractivity contribution in [2.75, 3.05) is 0 Å². The lowest BCUT2D eigenvalue weighted by Crippen LogP contribution is -1.91. The number of hydrogen-bond donors (Lipinski definition) is 1. The zero-order valence-electron chi connectivity index (χ0n) is 5.19. The number of nitrogens with zero attached hydrogens (tertiary/aromatic N) is 3. The lowest BCUT2D eigenvalue weighted by molar-refractivity contribution is 0.878. The Bertz CT molecular complexity index is 212. The van der Waals surface area contributed by atoms with Crippen LogP contribution in [0.1, 0.15) is 5.69 Å². The Kier molecular flexibility index (Phi) is 2.01. The molecule has 1 aromatic heterocycles. The molecule has 0 spiro atoms. The van der Waals surface area contributed by atoms with Gasteiger partial charge in [-0.2, -0.15) is 10.2 Å². The van der Waals surface area contributed by atoms with E-state index in [4.69, 9.17) is 0 Å². The van der Waals surface area contributed by atoms with Gasteiger partial charge < -0.3 is 4.98 Å². The second kappa shape index (κ2) is 2.79. The molecule has 2 rings (SSSR count). The van der Waals surface area contributed by atoms with Gasteiger partial charge in [-0.25, -0.2) is 4.98 Å². The summed E-state index contributed by atoms with van der Waals surface area (Å²) in [7, 11) is 0. The molecular formula is C5H7ClN4. The van der Waals surface area contributed by atoms with E-state index < -0.39 is 0 Å². The van der Waals surface area contributed by atoms with Crippen LogP contribution in [0.4, 0.5) is 0 Å². The maximum atomic E-state index is 3.86. The van der Waals surface area contributed by atoms with E-state index in [9.17, 15) is 0 Å². The van der Waals surface area contributed by atoms with Crippen molar-refractivity contribution in [3.63, 3.8) is 0 Å². The summed E-state index contributed by atoms with van der Waals surface area (Å²) in [6.45, 7) is 0. The summed E-state index contributed by atoms with van der Waals surface area (Å²) in [6.07, 6.45) is 4.55. The molecule has 1 aromatic rings. The van der Waals surface area contributed by atoms with Crippen LogP contribution in [0.2, 0.25) is 0 Å². The third-order valence-electron chi connectivity index (χ3n) is 1.24. The lowest BCUT2D eigenvalue weighted by Gasteiger charge is -1.85. The van der Waals surface area contributed by atoms with Crippen molar-refractivity contribution in [2.45, 2.75) is 12.6 Å². The van der Waals surface area contributed by atoms with Crippen molar-refractivity contribution < 1.29 is 0 Å². The Morgan fingerprint density at radius 1 is 1.50 bits per heavy atom. The third-order valence-corrected chi connectivity index (χ3v) is 1.24. The Balaban J connectivity index is 0.000000500. The van der Waals surface area contributed by atoms with Gasteiger partial charge in [0.05, 0.1) is 6.33 Å². The molecule has 2 heterocycles. The van der Waals surface area contributed by atoms with E-state index >= 15 is 0 Å². The van der Waals surface area contributed by atoms with Crippen LogP contribution in [-0.2, 0) is 6.42 Å². The fourth-order valence-corrected chi connectivity index (χ4v) is 0.722. The van der Waals surface area contributed by atoms with E-state index in [2.05, 4.69) is 20.2 Å². The first-order valence-corrected chi connectivity index (χ1v) is 2.82. The molecular weight excluding hydrogens is 152 g/mol. The molecule has 0 saturated carbocycles. The van der Waals surface area contributed by atoms with Gasteiger partial charge in [0.25, 0.3) is 0 Å². The molecule has 0 saturated heterocycles. The first-order valence-electron chi connectivity index (χ1n) is 2.82. The van der Waals surface area contributed by atoms with Gasteiger partial charge in [-0.3, -0.25) is 0 Å².